The number of rotatable bonds is 5. The van der Waals surface area contributed by atoms with Gasteiger partial charge in [-0.15, -0.1) is 11.3 Å². The van der Waals surface area contributed by atoms with Gasteiger partial charge in [-0.3, -0.25) is 0 Å². The maximum absolute atomic E-state index is 6.41. The number of ether oxygens (including phenoxy) is 1. The molecule has 1 N–H and O–H groups in total. The monoisotopic (exact) mass is 329 g/mol. The van der Waals surface area contributed by atoms with Gasteiger partial charge in [0.25, 0.3) is 0 Å². The molecule has 0 saturated carbocycles. The summed E-state index contributed by atoms with van der Waals surface area (Å²) >= 11 is 14.4. The van der Waals surface area contributed by atoms with Crippen LogP contribution in [-0.2, 0) is 0 Å². The lowest BCUT2D eigenvalue weighted by Gasteiger charge is -2.20. The normalized spacial score (nSPS) is 12.4. The third-order valence-corrected chi connectivity index (χ3v) is 4.86. The van der Waals surface area contributed by atoms with Crippen molar-refractivity contribution in [1.82, 2.24) is 5.32 Å². The van der Waals surface area contributed by atoms with Gasteiger partial charge >= 0.3 is 0 Å². The van der Waals surface area contributed by atoms with E-state index in [-0.39, 0.29) is 6.04 Å². The van der Waals surface area contributed by atoms with Crippen LogP contribution in [0.5, 0.6) is 5.75 Å². The number of methoxy groups -OCH3 is 1. The highest BCUT2D eigenvalue weighted by Gasteiger charge is 2.21. The summed E-state index contributed by atoms with van der Waals surface area (Å²) in [6.07, 6.45) is 0. The van der Waals surface area contributed by atoms with Crippen molar-refractivity contribution >= 4 is 34.5 Å². The van der Waals surface area contributed by atoms with Crippen LogP contribution in [0, 0.1) is 6.92 Å². The van der Waals surface area contributed by atoms with Crippen LogP contribution in [0.4, 0.5) is 0 Å². The van der Waals surface area contributed by atoms with E-state index in [1.807, 2.05) is 6.07 Å². The molecule has 5 heteroatoms. The van der Waals surface area contributed by atoms with Gasteiger partial charge in [0.05, 0.1) is 18.2 Å². The SMILES string of the molecule is CCNC(c1cc(Cl)c(OC)cc1Cl)c1sccc1C. The average Bonchev–Trinajstić information content (AvgIpc) is 2.84. The van der Waals surface area contributed by atoms with Crippen molar-refractivity contribution in [2.24, 2.45) is 0 Å². The second kappa shape index (κ2) is 6.81. The van der Waals surface area contributed by atoms with E-state index in [4.69, 9.17) is 27.9 Å². The molecule has 1 aromatic heterocycles. The van der Waals surface area contributed by atoms with E-state index in [1.165, 1.54) is 10.4 Å². The Morgan fingerprint density at radius 3 is 2.60 bits per heavy atom. The zero-order valence-corrected chi connectivity index (χ0v) is 14.0. The van der Waals surface area contributed by atoms with E-state index in [2.05, 4.69) is 30.6 Å². The van der Waals surface area contributed by atoms with E-state index in [0.717, 1.165) is 12.1 Å². The topological polar surface area (TPSA) is 21.3 Å². The van der Waals surface area contributed by atoms with Crippen molar-refractivity contribution in [3.05, 3.63) is 49.6 Å². The van der Waals surface area contributed by atoms with Crippen LogP contribution < -0.4 is 10.1 Å². The van der Waals surface area contributed by atoms with Crippen LogP contribution in [0.25, 0.3) is 0 Å². The largest absolute Gasteiger partial charge is 0.495 e. The van der Waals surface area contributed by atoms with Crippen LogP contribution in [0.2, 0.25) is 10.0 Å². The predicted molar refractivity (Wildman–Crippen MR) is 87.6 cm³/mol. The summed E-state index contributed by atoms with van der Waals surface area (Å²) in [5, 5.41) is 6.80. The zero-order valence-electron chi connectivity index (χ0n) is 11.7. The number of halogens is 2. The smallest absolute Gasteiger partial charge is 0.138 e. The van der Waals surface area contributed by atoms with Gasteiger partial charge in [-0.2, -0.15) is 0 Å². The lowest BCUT2D eigenvalue weighted by atomic mass is 10.0. The molecule has 0 aliphatic carbocycles. The third kappa shape index (κ3) is 3.12. The van der Waals surface area contributed by atoms with E-state index in [0.29, 0.717) is 15.8 Å². The first kappa shape index (κ1) is 15.6. The molecule has 108 valence electrons. The number of nitrogens with one attached hydrogen (secondary N) is 1. The standard InChI is InChI=1S/C15H17Cl2NOS/c1-4-18-14(15-9(2)5-6-20-15)10-7-12(17)13(19-3)8-11(10)16/h5-8,14,18H,4H2,1-3H3. The zero-order chi connectivity index (χ0) is 14.7. The summed E-state index contributed by atoms with van der Waals surface area (Å²) in [7, 11) is 1.59. The minimum Gasteiger partial charge on any atom is -0.495 e. The fraction of sp³-hybridized carbons (Fsp3) is 0.333. The highest BCUT2D eigenvalue weighted by atomic mass is 35.5. The Labute approximate surface area is 133 Å². The highest BCUT2D eigenvalue weighted by molar-refractivity contribution is 7.10. The molecule has 2 rings (SSSR count). The number of aryl methyl sites for hydroxylation is 1. The van der Waals surface area contributed by atoms with E-state index in [1.54, 1.807) is 24.5 Å². The molecule has 2 aromatic rings. The molecule has 0 amide bonds. The Morgan fingerprint density at radius 1 is 1.30 bits per heavy atom. The van der Waals surface area contributed by atoms with Crippen molar-refractivity contribution < 1.29 is 4.74 Å². The van der Waals surface area contributed by atoms with E-state index >= 15 is 0 Å². The first-order valence-electron chi connectivity index (χ1n) is 6.38. The second-order valence-electron chi connectivity index (χ2n) is 4.47. The van der Waals surface area contributed by atoms with Gasteiger partial charge in [0.2, 0.25) is 0 Å². The summed E-state index contributed by atoms with van der Waals surface area (Å²) in [5.74, 6) is 0.596. The van der Waals surface area contributed by atoms with Crippen molar-refractivity contribution in [3.63, 3.8) is 0 Å². The summed E-state index contributed by atoms with van der Waals surface area (Å²) in [5.41, 5.74) is 2.23. The van der Waals surface area contributed by atoms with Crippen LogP contribution in [0.3, 0.4) is 0 Å². The van der Waals surface area contributed by atoms with Crippen LogP contribution in [0.15, 0.2) is 23.6 Å². The van der Waals surface area contributed by atoms with Crippen molar-refractivity contribution in [2.45, 2.75) is 19.9 Å². The van der Waals surface area contributed by atoms with Gasteiger partial charge in [0, 0.05) is 16.0 Å². The molecule has 0 aliphatic rings. The molecule has 0 saturated heterocycles. The Morgan fingerprint density at radius 2 is 2.05 bits per heavy atom. The van der Waals surface area contributed by atoms with Crippen molar-refractivity contribution in [3.8, 4) is 5.75 Å². The first-order valence-corrected chi connectivity index (χ1v) is 8.02. The maximum Gasteiger partial charge on any atom is 0.138 e. The maximum atomic E-state index is 6.41. The first-order chi connectivity index (χ1) is 9.58. The summed E-state index contributed by atoms with van der Waals surface area (Å²) in [4.78, 5) is 1.26. The molecular formula is C15H17Cl2NOS. The Hall–Kier alpha value is -0.740. The molecule has 1 heterocycles. The molecule has 2 nitrogen and oxygen atoms in total. The predicted octanol–water partition coefficient (Wildman–Crippen LogP) is 5.07. The minimum absolute atomic E-state index is 0.0518. The van der Waals surface area contributed by atoms with Crippen LogP contribution in [0.1, 0.15) is 29.0 Å². The number of hydrogen-bond donors (Lipinski definition) is 1. The summed E-state index contributed by atoms with van der Waals surface area (Å²) in [6, 6.07) is 5.82. The molecule has 0 aliphatic heterocycles. The number of hydrogen-bond acceptors (Lipinski definition) is 3. The van der Waals surface area contributed by atoms with E-state index < -0.39 is 0 Å². The van der Waals surface area contributed by atoms with Crippen molar-refractivity contribution in [2.75, 3.05) is 13.7 Å². The Balaban J connectivity index is 2.50. The van der Waals surface area contributed by atoms with Gasteiger partial charge < -0.3 is 10.1 Å². The van der Waals surface area contributed by atoms with Gasteiger partial charge in [-0.1, -0.05) is 30.1 Å². The summed E-state index contributed by atoms with van der Waals surface area (Å²) < 4.78 is 5.20. The third-order valence-electron chi connectivity index (χ3n) is 3.15. The van der Waals surface area contributed by atoms with Crippen LogP contribution in [-0.4, -0.2) is 13.7 Å². The molecule has 0 fully saturated rings. The molecule has 0 spiro atoms. The fourth-order valence-electron chi connectivity index (χ4n) is 2.15. The number of benzene rings is 1. The minimum atomic E-state index is 0.0518. The quantitative estimate of drug-likeness (QED) is 0.826. The highest BCUT2D eigenvalue weighted by Crippen LogP contribution is 2.38. The summed E-state index contributed by atoms with van der Waals surface area (Å²) in [6.45, 7) is 5.03. The van der Waals surface area contributed by atoms with E-state index in [9.17, 15) is 0 Å². The van der Waals surface area contributed by atoms with Gasteiger partial charge in [-0.25, -0.2) is 0 Å². The Kier molecular flexibility index (Phi) is 5.33. The lowest BCUT2D eigenvalue weighted by Crippen LogP contribution is -2.22. The van der Waals surface area contributed by atoms with Crippen molar-refractivity contribution in [1.29, 1.82) is 0 Å². The molecular weight excluding hydrogens is 313 g/mol. The van der Waals surface area contributed by atoms with Crippen LogP contribution >= 0.6 is 34.5 Å². The molecule has 1 atom stereocenters. The Bertz CT molecular complexity index is 598. The lowest BCUT2D eigenvalue weighted by molar-refractivity contribution is 0.414. The molecule has 1 unspecified atom stereocenters. The molecule has 1 aromatic carbocycles. The molecule has 20 heavy (non-hydrogen) atoms. The second-order valence-corrected chi connectivity index (χ2v) is 6.23. The molecule has 0 radical (unpaired) electrons. The van der Waals surface area contributed by atoms with Gasteiger partial charge in [0.1, 0.15) is 5.75 Å². The van der Waals surface area contributed by atoms with Gasteiger partial charge in [0.15, 0.2) is 0 Å². The molecule has 0 bridgehead atoms. The fourth-order valence-corrected chi connectivity index (χ4v) is 3.68. The average molecular weight is 330 g/mol. The number of thiophene rings is 1. The van der Waals surface area contributed by atoms with Gasteiger partial charge in [-0.05, 0) is 42.1 Å².